The molecule has 4 heteroatoms. The minimum absolute atomic E-state index is 0.101. The van der Waals surface area contributed by atoms with Crippen LogP contribution in [0.15, 0.2) is 36.4 Å². The number of hydrogen-bond acceptors (Lipinski definition) is 3. The lowest BCUT2D eigenvalue weighted by molar-refractivity contribution is 0.401. The summed E-state index contributed by atoms with van der Waals surface area (Å²) in [6.07, 6.45) is 0. The molecular formula is C16H18FNO2. The molecule has 0 aliphatic heterocycles. The van der Waals surface area contributed by atoms with E-state index in [1.165, 1.54) is 19.2 Å². The molecule has 0 atom stereocenters. The number of nitrogens with two attached hydrogens (primary N) is 1. The van der Waals surface area contributed by atoms with Gasteiger partial charge in [0.25, 0.3) is 0 Å². The molecule has 0 aliphatic rings. The normalized spacial score (nSPS) is 10.7. The minimum atomic E-state index is -0.512. The van der Waals surface area contributed by atoms with Crippen LogP contribution in [0.1, 0.15) is 25.3 Å². The van der Waals surface area contributed by atoms with E-state index in [1.807, 2.05) is 24.3 Å². The van der Waals surface area contributed by atoms with Gasteiger partial charge in [0.05, 0.1) is 12.8 Å². The molecule has 2 aromatic carbocycles. The number of halogens is 1. The maximum Gasteiger partial charge on any atom is 0.168 e. The molecule has 0 amide bonds. The number of rotatable bonds is 4. The van der Waals surface area contributed by atoms with E-state index in [4.69, 9.17) is 15.2 Å². The fourth-order valence-electron chi connectivity index (χ4n) is 1.97. The molecule has 0 aromatic heterocycles. The van der Waals surface area contributed by atoms with Gasteiger partial charge >= 0.3 is 0 Å². The highest BCUT2D eigenvalue weighted by atomic mass is 19.1. The predicted molar refractivity (Wildman–Crippen MR) is 78.0 cm³/mol. The highest BCUT2D eigenvalue weighted by molar-refractivity contribution is 5.57. The Hall–Kier alpha value is -2.23. The van der Waals surface area contributed by atoms with Crippen LogP contribution in [-0.4, -0.2) is 7.11 Å². The lowest BCUT2D eigenvalue weighted by Gasteiger charge is -2.15. The molecule has 20 heavy (non-hydrogen) atoms. The van der Waals surface area contributed by atoms with Gasteiger partial charge in [0, 0.05) is 12.1 Å². The van der Waals surface area contributed by atoms with E-state index in [2.05, 4.69) is 13.8 Å². The molecule has 2 N–H and O–H groups in total. The Balaban J connectivity index is 2.40. The molecule has 0 heterocycles. The topological polar surface area (TPSA) is 44.5 Å². The van der Waals surface area contributed by atoms with Crippen molar-refractivity contribution in [3.8, 4) is 17.2 Å². The number of para-hydroxylation sites is 1. The summed E-state index contributed by atoms with van der Waals surface area (Å²) in [4.78, 5) is 0. The molecule has 0 radical (unpaired) electrons. The zero-order chi connectivity index (χ0) is 14.7. The molecule has 0 bridgehead atoms. The van der Waals surface area contributed by atoms with Gasteiger partial charge in [-0.05, 0) is 17.5 Å². The van der Waals surface area contributed by atoms with Crippen LogP contribution < -0.4 is 15.2 Å². The van der Waals surface area contributed by atoms with E-state index in [0.29, 0.717) is 11.5 Å². The molecule has 106 valence electrons. The first-order valence-corrected chi connectivity index (χ1v) is 6.42. The van der Waals surface area contributed by atoms with Gasteiger partial charge in [-0.2, -0.15) is 0 Å². The van der Waals surface area contributed by atoms with Crippen LogP contribution in [-0.2, 0) is 0 Å². The number of hydrogen-bond donors (Lipinski definition) is 1. The van der Waals surface area contributed by atoms with Crippen molar-refractivity contribution in [3.05, 3.63) is 47.8 Å². The third-order valence-electron chi connectivity index (χ3n) is 3.05. The molecule has 0 saturated heterocycles. The molecule has 0 aliphatic carbocycles. The van der Waals surface area contributed by atoms with Crippen LogP contribution in [0.5, 0.6) is 17.2 Å². The molecule has 2 rings (SSSR count). The van der Waals surface area contributed by atoms with E-state index in [0.717, 1.165) is 5.56 Å². The standard InChI is InChI=1S/C16H18FNO2/c1-10(2)11-6-4-5-7-14(11)20-15-9-16(19-3)13(18)8-12(15)17/h4-10H,18H2,1-3H3. The summed E-state index contributed by atoms with van der Waals surface area (Å²) in [5, 5.41) is 0. The van der Waals surface area contributed by atoms with Crippen molar-refractivity contribution in [2.45, 2.75) is 19.8 Å². The zero-order valence-corrected chi connectivity index (χ0v) is 11.8. The van der Waals surface area contributed by atoms with E-state index in [1.54, 1.807) is 0 Å². The maximum atomic E-state index is 13.9. The molecule has 0 spiro atoms. The lowest BCUT2D eigenvalue weighted by atomic mass is 10.0. The van der Waals surface area contributed by atoms with Gasteiger partial charge in [-0.3, -0.25) is 0 Å². The summed E-state index contributed by atoms with van der Waals surface area (Å²) in [6.45, 7) is 4.12. The van der Waals surface area contributed by atoms with Crippen molar-refractivity contribution in [3.63, 3.8) is 0 Å². The monoisotopic (exact) mass is 275 g/mol. The number of ether oxygens (including phenoxy) is 2. The summed E-state index contributed by atoms with van der Waals surface area (Å²) in [5.41, 5.74) is 6.91. The Morgan fingerprint density at radius 3 is 2.40 bits per heavy atom. The summed E-state index contributed by atoms with van der Waals surface area (Å²) >= 11 is 0. The summed E-state index contributed by atoms with van der Waals surface area (Å²) < 4.78 is 24.7. The number of anilines is 1. The van der Waals surface area contributed by atoms with E-state index >= 15 is 0 Å². The van der Waals surface area contributed by atoms with Crippen molar-refractivity contribution in [2.24, 2.45) is 0 Å². The van der Waals surface area contributed by atoms with Gasteiger partial charge < -0.3 is 15.2 Å². The Bertz CT molecular complexity index is 611. The Morgan fingerprint density at radius 2 is 1.75 bits per heavy atom. The van der Waals surface area contributed by atoms with Gasteiger partial charge in [0.15, 0.2) is 11.6 Å². The van der Waals surface area contributed by atoms with E-state index in [9.17, 15) is 4.39 Å². The Kier molecular flexibility index (Phi) is 4.13. The van der Waals surface area contributed by atoms with Crippen molar-refractivity contribution in [1.82, 2.24) is 0 Å². The fraction of sp³-hybridized carbons (Fsp3) is 0.250. The highest BCUT2D eigenvalue weighted by Gasteiger charge is 2.13. The molecule has 2 aromatic rings. The third kappa shape index (κ3) is 2.85. The first-order valence-electron chi connectivity index (χ1n) is 6.42. The highest BCUT2D eigenvalue weighted by Crippen LogP contribution is 2.35. The van der Waals surface area contributed by atoms with Gasteiger partial charge in [-0.15, -0.1) is 0 Å². The average Bonchev–Trinajstić information content (AvgIpc) is 2.42. The van der Waals surface area contributed by atoms with Crippen LogP contribution in [0.4, 0.5) is 10.1 Å². The van der Waals surface area contributed by atoms with Crippen LogP contribution in [0, 0.1) is 5.82 Å². The number of methoxy groups -OCH3 is 1. The average molecular weight is 275 g/mol. The third-order valence-corrected chi connectivity index (χ3v) is 3.05. The van der Waals surface area contributed by atoms with Crippen molar-refractivity contribution >= 4 is 5.69 Å². The van der Waals surface area contributed by atoms with Gasteiger partial charge in [0.1, 0.15) is 11.5 Å². The first-order chi connectivity index (χ1) is 9.52. The molecule has 0 saturated carbocycles. The molecule has 0 fully saturated rings. The SMILES string of the molecule is COc1cc(Oc2ccccc2C(C)C)c(F)cc1N. The largest absolute Gasteiger partial charge is 0.494 e. The van der Waals surface area contributed by atoms with Crippen LogP contribution >= 0.6 is 0 Å². The smallest absolute Gasteiger partial charge is 0.168 e. The quantitative estimate of drug-likeness (QED) is 0.844. The predicted octanol–water partition coefficient (Wildman–Crippen LogP) is 4.33. The molecule has 0 unspecified atom stereocenters. The van der Waals surface area contributed by atoms with Gasteiger partial charge in [0.2, 0.25) is 0 Å². The zero-order valence-electron chi connectivity index (χ0n) is 11.8. The minimum Gasteiger partial charge on any atom is -0.494 e. The molecular weight excluding hydrogens is 257 g/mol. The van der Waals surface area contributed by atoms with Crippen LogP contribution in [0.3, 0.4) is 0 Å². The van der Waals surface area contributed by atoms with Crippen molar-refractivity contribution in [2.75, 3.05) is 12.8 Å². The Labute approximate surface area is 118 Å². The fourth-order valence-corrected chi connectivity index (χ4v) is 1.97. The maximum absolute atomic E-state index is 13.9. The first kappa shape index (κ1) is 14.2. The lowest BCUT2D eigenvalue weighted by Crippen LogP contribution is -1.98. The second kappa shape index (κ2) is 5.82. The van der Waals surface area contributed by atoms with Crippen molar-refractivity contribution < 1.29 is 13.9 Å². The van der Waals surface area contributed by atoms with E-state index < -0.39 is 5.82 Å². The van der Waals surface area contributed by atoms with Crippen LogP contribution in [0.25, 0.3) is 0 Å². The van der Waals surface area contributed by atoms with Gasteiger partial charge in [-0.1, -0.05) is 32.0 Å². The molecule has 3 nitrogen and oxygen atoms in total. The summed E-state index contributed by atoms with van der Waals surface area (Å²) in [7, 11) is 1.48. The van der Waals surface area contributed by atoms with Crippen molar-refractivity contribution in [1.29, 1.82) is 0 Å². The number of nitrogen functional groups attached to an aromatic ring is 1. The summed E-state index contributed by atoms with van der Waals surface area (Å²) in [6, 6.07) is 10.2. The van der Waals surface area contributed by atoms with Gasteiger partial charge in [-0.25, -0.2) is 4.39 Å². The summed E-state index contributed by atoms with van der Waals surface area (Å²) in [5.74, 6) is 0.896. The number of benzene rings is 2. The second-order valence-electron chi connectivity index (χ2n) is 4.82. The second-order valence-corrected chi connectivity index (χ2v) is 4.82. The van der Waals surface area contributed by atoms with E-state index in [-0.39, 0.29) is 17.4 Å². The Morgan fingerprint density at radius 1 is 1.05 bits per heavy atom. The van der Waals surface area contributed by atoms with Crippen LogP contribution in [0.2, 0.25) is 0 Å².